The maximum Gasteiger partial charge on any atom is 0.408 e. The minimum Gasteiger partial charge on any atom is -0.444 e. The van der Waals surface area contributed by atoms with Gasteiger partial charge in [-0.3, -0.25) is 0 Å². The van der Waals surface area contributed by atoms with Crippen LogP contribution >= 0.6 is 0 Å². The van der Waals surface area contributed by atoms with Crippen LogP contribution in [0.3, 0.4) is 0 Å². The van der Waals surface area contributed by atoms with Crippen LogP contribution in [0.25, 0.3) is 0 Å². The molecule has 1 fully saturated rings. The van der Waals surface area contributed by atoms with E-state index in [1.165, 1.54) is 0 Å². The van der Waals surface area contributed by atoms with Gasteiger partial charge in [-0.25, -0.2) is 4.79 Å². The number of rotatable bonds is 7. The highest BCUT2D eigenvalue weighted by molar-refractivity contribution is 6.74. The number of hydrogen-bond acceptors (Lipinski definition) is 5. The van der Waals surface area contributed by atoms with Gasteiger partial charge in [-0.15, -0.1) is 0 Å². The van der Waals surface area contributed by atoms with Gasteiger partial charge in [-0.2, -0.15) is 0 Å². The lowest BCUT2D eigenvalue weighted by Gasteiger charge is -2.37. The van der Waals surface area contributed by atoms with Crippen LogP contribution < -0.4 is 5.32 Å². The Bertz CT molecular complexity index is 436. The van der Waals surface area contributed by atoms with Crippen LogP contribution in [0.15, 0.2) is 0 Å². The number of carbonyl (C=O) groups excluding carboxylic acids is 1. The van der Waals surface area contributed by atoms with E-state index < -0.39 is 20.0 Å². The number of carbonyl (C=O) groups is 1. The second-order valence-corrected chi connectivity index (χ2v) is 14.4. The standard InChI is InChI=1S/C19H39NO5Si/c1-18(2,3)25-17(21)20-15(13-23-16-11-9-10-12-22-16)14-24-26(7,8)19(4,5)6/h15-16H,9-14H2,1-8H3,(H,20,21). The Morgan fingerprint density at radius 3 is 2.31 bits per heavy atom. The minimum atomic E-state index is -1.91. The second-order valence-electron chi connectivity index (χ2n) is 9.54. The molecule has 0 spiro atoms. The highest BCUT2D eigenvalue weighted by atomic mass is 28.4. The van der Waals surface area contributed by atoms with E-state index in [0.717, 1.165) is 25.9 Å². The fraction of sp³-hybridized carbons (Fsp3) is 0.947. The van der Waals surface area contributed by atoms with Crippen LogP contribution in [0.5, 0.6) is 0 Å². The molecule has 154 valence electrons. The molecule has 2 unspecified atom stereocenters. The predicted molar refractivity (Wildman–Crippen MR) is 106 cm³/mol. The molecule has 1 amide bonds. The fourth-order valence-corrected chi connectivity index (χ4v) is 3.25. The highest BCUT2D eigenvalue weighted by Gasteiger charge is 2.38. The first-order chi connectivity index (χ1) is 11.8. The van der Waals surface area contributed by atoms with E-state index in [-0.39, 0.29) is 17.4 Å². The largest absolute Gasteiger partial charge is 0.444 e. The van der Waals surface area contributed by atoms with Crippen molar-refractivity contribution in [2.45, 2.75) is 96.9 Å². The van der Waals surface area contributed by atoms with Gasteiger partial charge in [0, 0.05) is 6.61 Å². The quantitative estimate of drug-likeness (QED) is 0.652. The molecule has 0 bridgehead atoms. The number of hydrogen-bond donors (Lipinski definition) is 1. The van der Waals surface area contributed by atoms with E-state index in [2.05, 4.69) is 39.2 Å². The summed E-state index contributed by atoms with van der Waals surface area (Å²) in [6.07, 6.45) is 2.43. The number of alkyl carbamates (subject to hydrolysis) is 1. The Morgan fingerprint density at radius 2 is 1.81 bits per heavy atom. The number of nitrogens with one attached hydrogen (secondary N) is 1. The van der Waals surface area contributed by atoms with Gasteiger partial charge in [0.05, 0.1) is 19.3 Å². The molecule has 1 aliphatic heterocycles. The van der Waals surface area contributed by atoms with Crippen LogP contribution in [0.4, 0.5) is 4.79 Å². The van der Waals surface area contributed by atoms with Crippen molar-refractivity contribution in [2.75, 3.05) is 19.8 Å². The number of amides is 1. The first-order valence-electron chi connectivity index (χ1n) is 9.67. The Morgan fingerprint density at radius 1 is 1.15 bits per heavy atom. The number of ether oxygens (including phenoxy) is 3. The van der Waals surface area contributed by atoms with Gasteiger partial charge >= 0.3 is 6.09 Å². The molecule has 0 aromatic rings. The zero-order chi connectivity index (χ0) is 20.0. The lowest BCUT2D eigenvalue weighted by atomic mass is 10.2. The lowest BCUT2D eigenvalue weighted by Crippen LogP contribution is -2.49. The summed E-state index contributed by atoms with van der Waals surface area (Å²) in [6, 6.07) is -0.274. The van der Waals surface area contributed by atoms with Crippen LogP contribution in [-0.4, -0.2) is 52.2 Å². The van der Waals surface area contributed by atoms with Gasteiger partial charge in [0.2, 0.25) is 0 Å². The highest BCUT2D eigenvalue weighted by Crippen LogP contribution is 2.36. The molecule has 0 aromatic heterocycles. The van der Waals surface area contributed by atoms with E-state index in [1.54, 1.807) is 0 Å². The molecule has 6 nitrogen and oxygen atoms in total. The van der Waals surface area contributed by atoms with Gasteiger partial charge in [-0.1, -0.05) is 20.8 Å². The summed E-state index contributed by atoms with van der Waals surface area (Å²) in [5.41, 5.74) is -0.539. The molecular formula is C19H39NO5Si. The van der Waals surface area contributed by atoms with E-state index in [9.17, 15) is 4.79 Å². The molecule has 0 aromatic carbocycles. The molecule has 0 saturated carbocycles. The fourth-order valence-electron chi connectivity index (χ4n) is 2.20. The van der Waals surface area contributed by atoms with Crippen LogP contribution in [0.1, 0.15) is 60.8 Å². The first-order valence-corrected chi connectivity index (χ1v) is 12.6. The SMILES string of the molecule is CC(C)(C)OC(=O)NC(COC1CCCCO1)CO[Si](C)(C)C(C)(C)C. The Balaban J connectivity index is 2.63. The van der Waals surface area contributed by atoms with E-state index in [1.807, 2.05) is 20.8 Å². The predicted octanol–water partition coefficient (Wildman–Crippen LogP) is 4.44. The van der Waals surface area contributed by atoms with Gasteiger partial charge in [0.1, 0.15) is 5.60 Å². The van der Waals surface area contributed by atoms with E-state index >= 15 is 0 Å². The maximum absolute atomic E-state index is 12.2. The van der Waals surface area contributed by atoms with E-state index in [0.29, 0.717) is 13.2 Å². The van der Waals surface area contributed by atoms with Gasteiger partial charge in [-0.05, 0) is 58.2 Å². The average Bonchev–Trinajstić information content (AvgIpc) is 2.48. The molecular weight excluding hydrogens is 350 g/mol. The van der Waals surface area contributed by atoms with Crippen molar-refractivity contribution in [1.29, 1.82) is 0 Å². The monoisotopic (exact) mass is 389 g/mol. The zero-order valence-electron chi connectivity index (χ0n) is 17.9. The minimum absolute atomic E-state index is 0.108. The Hall–Kier alpha value is -0.633. The summed E-state index contributed by atoms with van der Waals surface area (Å²) in [6.45, 7) is 18.0. The van der Waals surface area contributed by atoms with Crippen molar-refractivity contribution in [1.82, 2.24) is 5.32 Å². The molecule has 0 aliphatic carbocycles. The third-order valence-corrected chi connectivity index (χ3v) is 9.29. The molecule has 1 N–H and O–H groups in total. The first kappa shape index (κ1) is 23.4. The molecule has 7 heteroatoms. The summed E-state index contributed by atoms with van der Waals surface area (Å²) in [5, 5.41) is 3.00. The molecule has 1 aliphatic rings. The second kappa shape index (κ2) is 9.53. The third-order valence-electron chi connectivity index (χ3n) is 4.79. The maximum atomic E-state index is 12.2. The molecule has 1 saturated heterocycles. The van der Waals surface area contributed by atoms with Crippen LogP contribution in [0.2, 0.25) is 18.1 Å². The molecule has 1 rings (SSSR count). The zero-order valence-corrected chi connectivity index (χ0v) is 18.9. The third kappa shape index (κ3) is 8.84. The van der Waals surface area contributed by atoms with Gasteiger partial charge in [0.25, 0.3) is 0 Å². The summed E-state index contributed by atoms with van der Waals surface area (Å²) in [4.78, 5) is 12.2. The van der Waals surface area contributed by atoms with Crippen molar-refractivity contribution < 1.29 is 23.4 Å². The van der Waals surface area contributed by atoms with Gasteiger partial charge in [0.15, 0.2) is 14.6 Å². The molecule has 0 radical (unpaired) electrons. The molecule has 26 heavy (non-hydrogen) atoms. The topological polar surface area (TPSA) is 66.0 Å². The van der Waals surface area contributed by atoms with Crippen LogP contribution in [0, 0.1) is 0 Å². The van der Waals surface area contributed by atoms with Crippen molar-refractivity contribution in [2.24, 2.45) is 0 Å². The summed E-state index contributed by atoms with van der Waals surface area (Å²) < 4.78 is 23.1. The average molecular weight is 390 g/mol. The van der Waals surface area contributed by atoms with Crippen molar-refractivity contribution >= 4 is 14.4 Å². The molecule has 1 heterocycles. The summed E-state index contributed by atoms with van der Waals surface area (Å²) in [5.74, 6) is 0. The Labute approximate surface area is 160 Å². The van der Waals surface area contributed by atoms with Gasteiger partial charge < -0.3 is 24.0 Å². The smallest absolute Gasteiger partial charge is 0.408 e. The lowest BCUT2D eigenvalue weighted by molar-refractivity contribution is -0.166. The van der Waals surface area contributed by atoms with Crippen molar-refractivity contribution in [3.63, 3.8) is 0 Å². The van der Waals surface area contributed by atoms with Crippen LogP contribution in [-0.2, 0) is 18.6 Å². The van der Waals surface area contributed by atoms with Crippen molar-refractivity contribution in [3.8, 4) is 0 Å². The van der Waals surface area contributed by atoms with E-state index in [4.69, 9.17) is 18.6 Å². The summed E-state index contributed by atoms with van der Waals surface area (Å²) in [7, 11) is -1.91. The summed E-state index contributed by atoms with van der Waals surface area (Å²) >= 11 is 0. The normalized spacial score (nSPS) is 20.5. The van der Waals surface area contributed by atoms with Crippen molar-refractivity contribution in [3.05, 3.63) is 0 Å². The Kier molecular flexibility index (Phi) is 8.58. The molecule has 2 atom stereocenters.